The fourth-order valence-corrected chi connectivity index (χ4v) is 1.55. The van der Waals surface area contributed by atoms with E-state index in [0.717, 1.165) is 0 Å². The van der Waals surface area contributed by atoms with Gasteiger partial charge in [-0.1, -0.05) is 11.6 Å². The molecule has 5 heteroatoms. The molecule has 0 aliphatic rings. The zero-order chi connectivity index (χ0) is 12.3. The van der Waals surface area contributed by atoms with Crippen LogP contribution < -0.4 is 0 Å². The number of nitrogens with zero attached hydrogens (tertiary/aromatic N) is 1. The monoisotopic (exact) mass is 245 g/mol. The Labute approximate surface area is 98.4 Å². The van der Waals surface area contributed by atoms with E-state index in [-0.39, 0.29) is 12.4 Å². The zero-order valence-corrected chi connectivity index (χ0v) is 9.88. The molecule has 0 aliphatic carbocycles. The molecule has 1 aromatic rings. The third-order valence-corrected chi connectivity index (χ3v) is 2.65. The van der Waals surface area contributed by atoms with Crippen molar-refractivity contribution in [2.24, 2.45) is 0 Å². The van der Waals surface area contributed by atoms with Gasteiger partial charge in [0.25, 0.3) is 0 Å². The predicted molar refractivity (Wildman–Crippen MR) is 59.7 cm³/mol. The minimum Gasteiger partial charge on any atom is -0.387 e. The third kappa shape index (κ3) is 2.93. The largest absolute Gasteiger partial charge is 0.387 e. The number of likely N-dealkylation sites (N-methyl/N-ethyl adjacent to an activating group) is 1. The molecule has 3 nitrogen and oxygen atoms in total. The molecule has 0 aliphatic heterocycles. The quantitative estimate of drug-likeness (QED) is 0.881. The van der Waals surface area contributed by atoms with Crippen molar-refractivity contribution in [1.82, 2.24) is 4.90 Å². The smallest absolute Gasteiger partial charge is 0.248 e. The normalized spacial score (nSPS) is 10.3. The Morgan fingerprint density at radius 2 is 2.19 bits per heavy atom. The van der Waals surface area contributed by atoms with Gasteiger partial charge < -0.3 is 10.0 Å². The van der Waals surface area contributed by atoms with Gasteiger partial charge in [0, 0.05) is 18.6 Å². The summed E-state index contributed by atoms with van der Waals surface area (Å²) in [5, 5.41) is 9.07. The van der Waals surface area contributed by atoms with Crippen molar-refractivity contribution >= 4 is 17.5 Å². The first-order valence-electron chi connectivity index (χ1n) is 4.75. The van der Waals surface area contributed by atoms with Crippen molar-refractivity contribution in [3.8, 4) is 0 Å². The second kappa shape index (κ2) is 5.27. The molecule has 0 spiro atoms. The Morgan fingerprint density at radius 1 is 1.56 bits per heavy atom. The van der Waals surface area contributed by atoms with Crippen LogP contribution in [-0.4, -0.2) is 29.6 Å². The van der Waals surface area contributed by atoms with E-state index in [0.29, 0.717) is 16.1 Å². The Kier molecular flexibility index (Phi) is 4.26. The van der Waals surface area contributed by atoms with Crippen molar-refractivity contribution in [2.45, 2.75) is 13.5 Å². The van der Waals surface area contributed by atoms with Crippen LogP contribution in [0, 0.1) is 12.7 Å². The Hall–Kier alpha value is -1.13. The highest BCUT2D eigenvalue weighted by molar-refractivity contribution is 6.31. The van der Waals surface area contributed by atoms with Gasteiger partial charge in [-0.3, -0.25) is 4.79 Å². The molecule has 0 heterocycles. The summed E-state index contributed by atoms with van der Waals surface area (Å²) in [6.45, 7) is 1.23. The van der Waals surface area contributed by atoms with Gasteiger partial charge in [0.1, 0.15) is 12.4 Å². The van der Waals surface area contributed by atoms with Gasteiger partial charge in [-0.15, -0.1) is 0 Å². The van der Waals surface area contributed by atoms with E-state index >= 15 is 0 Å². The number of halogens is 2. The molecule has 88 valence electrons. The van der Waals surface area contributed by atoms with Crippen molar-refractivity contribution in [2.75, 3.05) is 13.7 Å². The Morgan fingerprint density at radius 3 is 2.75 bits per heavy atom. The Balaban J connectivity index is 2.89. The maximum atomic E-state index is 13.3. The van der Waals surface area contributed by atoms with Crippen LogP contribution in [0.5, 0.6) is 0 Å². The summed E-state index contributed by atoms with van der Waals surface area (Å²) in [6, 6.07) is 2.82. The van der Waals surface area contributed by atoms with E-state index in [9.17, 15) is 9.18 Å². The first kappa shape index (κ1) is 12.9. The fraction of sp³-hybridized carbons (Fsp3) is 0.364. The van der Waals surface area contributed by atoms with Gasteiger partial charge in [-0.05, 0) is 30.2 Å². The average molecular weight is 246 g/mol. The third-order valence-electron chi connectivity index (χ3n) is 2.30. The van der Waals surface area contributed by atoms with Gasteiger partial charge in [0.05, 0.1) is 0 Å². The number of carbonyl (C=O) groups is 1. The summed E-state index contributed by atoms with van der Waals surface area (Å²) >= 11 is 5.93. The van der Waals surface area contributed by atoms with Crippen LogP contribution in [0.15, 0.2) is 12.1 Å². The number of rotatable bonds is 3. The Bertz CT molecular complexity index is 409. The molecule has 0 aromatic heterocycles. The van der Waals surface area contributed by atoms with E-state index in [1.54, 1.807) is 6.92 Å². The SMILES string of the molecule is Cc1cc(Cl)c(CN(C)C(=O)CO)cc1F. The standard InChI is InChI=1S/C11H13ClFNO2/c1-7-3-9(12)8(4-10(7)13)5-14(2)11(16)6-15/h3-4,15H,5-6H2,1-2H3. The number of amides is 1. The van der Waals surface area contributed by atoms with Crippen LogP contribution in [0.2, 0.25) is 5.02 Å². The van der Waals surface area contributed by atoms with E-state index < -0.39 is 12.5 Å². The highest BCUT2D eigenvalue weighted by Gasteiger charge is 2.11. The number of aliphatic hydroxyl groups is 1. The van der Waals surface area contributed by atoms with Crippen molar-refractivity contribution in [3.63, 3.8) is 0 Å². The summed E-state index contributed by atoms with van der Waals surface area (Å²) < 4.78 is 13.3. The highest BCUT2D eigenvalue weighted by atomic mass is 35.5. The molecule has 1 aromatic carbocycles. The van der Waals surface area contributed by atoms with E-state index in [1.165, 1.54) is 24.1 Å². The zero-order valence-electron chi connectivity index (χ0n) is 9.13. The molecule has 1 rings (SSSR count). The van der Waals surface area contributed by atoms with Crippen LogP contribution in [0.1, 0.15) is 11.1 Å². The predicted octanol–water partition coefficient (Wildman–Crippen LogP) is 1.74. The maximum Gasteiger partial charge on any atom is 0.248 e. The molecule has 0 saturated carbocycles. The summed E-state index contributed by atoms with van der Waals surface area (Å²) in [6.07, 6.45) is 0. The maximum absolute atomic E-state index is 13.3. The van der Waals surface area contributed by atoms with Crippen LogP contribution in [0.3, 0.4) is 0 Å². The molecule has 0 radical (unpaired) electrons. The second-order valence-corrected chi connectivity index (χ2v) is 4.01. The minimum atomic E-state index is -0.567. The molecule has 0 fully saturated rings. The number of benzene rings is 1. The van der Waals surface area contributed by atoms with Crippen LogP contribution in [0.4, 0.5) is 4.39 Å². The molecule has 0 bridgehead atoms. The number of hydrogen-bond donors (Lipinski definition) is 1. The van der Waals surface area contributed by atoms with Crippen molar-refractivity contribution < 1.29 is 14.3 Å². The van der Waals surface area contributed by atoms with Crippen LogP contribution in [-0.2, 0) is 11.3 Å². The molecule has 16 heavy (non-hydrogen) atoms. The number of carbonyl (C=O) groups excluding carboxylic acids is 1. The van der Waals surface area contributed by atoms with Crippen molar-refractivity contribution in [1.29, 1.82) is 0 Å². The van der Waals surface area contributed by atoms with Gasteiger partial charge >= 0.3 is 0 Å². The number of aliphatic hydroxyl groups excluding tert-OH is 1. The van der Waals surface area contributed by atoms with Crippen LogP contribution in [0.25, 0.3) is 0 Å². The van der Waals surface area contributed by atoms with Crippen molar-refractivity contribution in [3.05, 3.63) is 34.1 Å². The lowest BCUT2D eigenvalue weighted by atomic mass is 10.1. The molecule has 1 N–H and O–H groups in total. The lowest BCUT2D eigenvalue weighted by Crippen LogP contribution is -2.28. The molecule has 0 saturated heterocycles. The van der Waals surface area contributed by atoms with E-state index in [1.807, 2.05) is 0 Å². The number of aryl methyl sites for hydroxylation is 1. The summed E-state index contributed by atoms with van der Waals surface area (Å²) in [5.74, 6) is -0.790. The summed E-state index contributed by atoms with van der Waals surface area (Å²) in [7, 11) is 1.52. The molecule has 0 unspecified atom stereocenters. The minimum absolute atomic E-state index is 0.176. The van der Waals surface area contributed by atoms with E-state index in [2.05, 4.69) is 0 Å². The fourth-order valence-electron chi connectivity index (χ4n) is 1.27. The second-order valence-electron chi connectivity index (χ2n) is 3.60. The van der Waals surface area contributed by atoms with Gasteiger partial charge in [0.15, 0.2) is 0 Å². The number of hydrogen-bond acceptors (Lipinski definition) is 2. The van der Waals surface area contributed by atoms with Gasteiger partial charge in [-0.25, -0.2) is 4.39 Å². The average Bonchev–Trinajstić information content (AvgIpc) is 2.24. The molecule has 1 amide bonds. The van der Waals surface area contributed by atoms with Gasteiger partial charge in [0.2, 0.25) is 5.91 Å². The summed E-state index contributed by atoms with van der Waals surface area (Å²) in [4.78, 5) is 12.4. The first-order valence-corrected chi connectivity index (χ1v) is 5.13. The lowest BCUT2D eigenvalue weighted by molar-refractivity contribution is -0.133. The lowest BCUT2D eigenvalue weighted by Gasteiger charge is -2.17. The van der Waals surface area contributed by atoms with Gasteiger partial charge in [-0.2, -0.15) is 0 Å². The first-order chi connectivity index (χ1) is 7.45. The van der Waals surface area contributed by atoms with Crippen LogP contribution >= 0.6 is 11.6 Å². The molecular formula is C11H13ClFNO2. The topological polar surface area (TPSA) is 40.5 Å². The highest BCUT2D eigenvalue weighted by Crippen LogP contribution is 2.21. The summed E-state index contributed by atoms with van der Waals surface area (Å²) in [5.41, 5.74) is 0.985. The molecular weight excluding hydrogens is 233 g/mol. The van der Waals surface area contributed by atoms with E-state index in [4.69, 9.17) is 16.7 Å². The molecule has 0 atom stereocenters.